The summed E-state index contributed by atoms with van der Waals surface area (Å²) in [6.45, 7) is 1.08. The summed E-state index contributed by atoms with van der Waals surface area (Å²) in [5.74, 6) is -1.67. The van der Waals surface area contributed by atoms with Gasteiger partial charge in [0.2, 0.25) is 5.71 Å². The third-order valence-corrected chi connectivity index (χ3v) is 0.667. The SMILES string of the molecule is CC(=O)C(=NO)C(N)=O. The quantitative estimate of drug-likeness (QED) is 0.215. The molecule has 5 nitrogen and oxygen atoms in total. The van der Waals surface area contributed by atoms with Crippen molar-refractivity contribution in [2.24, 2.45) is 10.9 Å². The Kier molecular flexibility index (Phi) is 2.37. The summed E-state index contributed by atoms with van der Waals surface area (Å²) in [5, 5.41) is 10.3. The van der Waals surface area contributed by atoms with Crippen LogP contribution in [0.25, 0.3) is 0 Å². The fourth-order valence-corrected chi connectivity index (χ4v) is 0.293. The van der Waals surface area contributed by atoms with Gasteiger partial charge in [0.1, 0.15) is 0 Å². The van der Waals surface area contributed by atoms with Gasteiger partial charge in [0.15, 0.2) is 5.78 Å². The number of rotatable bonds is 2. The van der Waals surface area contributed by atoms with E-state index >= 15 is 0 Å². The van der Waals surface area contributed by atoms with Crippen molar-refractivity contribution in [1.29, 1.82) is 0 Å². The van der Waals surface area contributed by atoms with E-state index in [0.717, 1.165) is 6.92 Å². The molecule has 3 N–H and O–H groups in total. The average Bonchev–Trinajstić information content (AvgIpc) is 1.64. The molecule has 0 saturated carbocycles. The van der Waals surface area contributed by atoms with Gasteiger partial charge in [-0.15, -0.1) is 0 Å². The van der Waals surface area contributed by atoms with E-state index in [1.165, 1.54) is 0 Å². The lowest BCUT2D eigenvalue weighted by atomic mass is 10.3. The first-order chi connectivity index (χ1) is 4.09. The van der Waals surface area contributed by atoms with Gasteiger partial charge in [-0.3, -0.25) is 9.59 Å². The van der Waals surface area contributed by atoms with Crippen LogP contribution in [0, 0.1) is 0 Å². The van der Waals surface area contributed by atoms with Crippen molar-refractivity contribution in [2.75, 3.05) is 0 Å². The molecular weight excluding hydrogens is 124 g/mol. The first kappa shape index (κ1) is 7.61. The summed E-state index contributed by atoms with van der Waals surface area (Å²) in [6, 6.07) is 0. The Morgan fingerprint density at radius 2 is 2.00 bits per heavy atom. The third kappa shape index (κ3) is 1.89. The summed E-state index contributed by atoms with van der Waals surface area (Å²) in [6.07, 6.45) is 0. The molecule has 5 heteroatoms. The van der Waals surface area contributed by atoms with Gasteiger partial charge in [-0.25, -0.2) is 0 Å². The van der Waals surface area contributed by atoms with Crippen LogP contribution in [0.2, 0.25) is 0 Å². The van der Waals surface area contributed by atoms with Gasteiger partial charge in [-0.2, -0.15) is 0 Å². The number of hydrogen-bond acceptors (Lipinski definition) is 4. The molecule has 0 bridgehead atoms. The molecule has 0 atom stereocenters. The highest BCUT2D eigenvalue weighted by atomic mass is 16.4. The smallest absolute Gasteiger partial charge is 0.274 e. The predicted octanol–water partition coefficient (Wildman–Crippen LogP) is -1.11. The highest BCUT2D eigenvalue weighted by molar-refractivity contribution is 6.64. The summed E-state index contributed by atoms with van der Waals surface area (Å²) in [4.78, 5) is 20.3. The Balaban J connectivity index is 4.38. The molecule has 50 valence electrons. The molecule has 0 aliphatic carbocycles. The zero-order chi connectivity index (χ0) is 7.44. The largest absolute Gasteiger partial charge is 0.410 e. The second-order valence-electron chi connectivity index (χ2n) is 1.37. The zero-order valence-corrected chi connectivity index (χ0v) is 4.79. The number of carbonyl (C=O) groups excluding carboxylic acids is 2. The van der Waals surface area contributed by atoms with Crippen molar-refractivity contribution in [3.8, 4) is 0 Å². The number of amides is 1. The fraction of sp³-hybridized carbons (Fsp3) is 0.250. The lowest BCUT2D eigenvalue weighted by Crippen LogP contribution is -2.28. The van der Waals surface area contributed by atoms with E-state index in [9.17, 15) is 9.59 Å². The predicted molar refractivity (Wildman–Crippen MR) is 29.1 cm³/mol. The van der Waals surface area contributed by atoms with E-state index in [4.69, 9.17) is 5.21 Å². The number of ketones is 1. The first-order valence-corrected chi connectivity index (χ1v) is 2.12. The molecule has 0 unspecified atom stereocenters. The third-order valence-electron chi connectivity index (χ3n) is 0.667. The molecule has 0 aromatic rings. The number of carbonyl (C=O) groups is 2. The second-order valence-corrected chi connectivity index (χ2v) is 1.37. The maximum absolute atomic E-state index is 10.2. The molecule has 0 aromatic carbocycles. The van der Waals surface area contributed by atoms with E-state index in [2.05, 4.69) is 10.9 Å². The molecule has 0 aromatic heterocycles. The summed E-state index contributed by atoms with van der Waals surface area (Å²) >= 11 is 0. The number of hydrogen-bond donors (Lipinski definition) is 2. The van der Waals surface area contributed by atoms with Gasteiger partial charge in [-0.1, -0.05) is 5.16 Å². The first-order valence-electron chi connectivity index (χ1n) is 2.12. The van der Waals surface area contributed by atoms with Crippen molar-refractivity contribution >= 4 is 17.4 Å². The normalized spacial score (nSPS) is 11.0. The number of nitrogens with two attached hydrogens (primary N) is 1. The van der Waals surface area contributed by atoms with Gasteiger partial charge in [0.05, 0.1) is 0 Å². The van der Waals surface area contributed by atoms with E-state index in [-0.39, 0.29) is 0 Å². The second kappa shape index (κ2) is 2.81. The van der Waals surface area contributed by atoms with Crippen LogP contribution in [-0.2, 0) is 9.59 Å². The standard InChI is InChI=1S/C4H6N2O3/c1-2(7)3(6-9)4(5)8/h9H,1H3,(H2,5,8). The Morgan fingerprint density at radius 3 is 2.00 bits per heavy atom. The molecule has 1 amide bonds. The molecular formula is C4H6N2O3. The summed E-state index contributed by atoms with van der Waals surface area (Å²) in [5.41, 5.74) is 3.97. The minimum absolute atomic E-state index is 0.630. The van der Waals surface area contributed by atoms with E-state index < -0.39 is 17.4 Å². The Bertz CT molecular complexity index is 157. The maximum Gasteiger partial charge on any atom is 0.274 e. The number of Topliss-reactive ketones (excluding diaryl/α,β-unsaturated/α-hetero) is 1. The Labute approximate surface area is 51.1 Å². The maximum atomic E-state index is 10.2. The highest BCUT2D eigenvalue weighted by Gasteiger charge is 2.11. The highest BCUT2D eigenvalue weighted by Crippen LogP contribution is 1.76. The van der Waals surface area contributed by atoms with E-state index in [1.807, 2.05) is 0 Å². The van der Waals surface area contributed by atoms with Crippen molar-refractivity contribution in [1.82, 2.24) is 0 Å². The fourth-order valence-electron chi connectivity index (χ4n) is 0.293. The molecule has 0 radical (unpaired) electrons. The lowest BCUT2D eigenvalue weighted by Gasteiger charge is -1.88. The van der Waals surface area contributed by atoms with E-state index in [0.29, 0.717) is 0 Å². The number of oxime groups is 1. The van der Waals surface area contributed by atoms with Crippen molar-refractivity contribution in [2.45, 2.75) is 6.92 Å². The van der Waals surface area contributed by atoms with Gasteiger partial charge in [-0.05, 0) is 0 Å². The van der Waals surface area contributed by atoms with Gasteiger partial charge < -0.3 is 10.9 Å². The Morgan fingerprint density at radius 1 is 1.56 bits per heavy atom. The van der Waals surface area contributed by atoms with Gasteiger partial charge >= 0.3 is 0 Å². The summed E-state index contributed by atoms with van der Waals surface area (Å²) < 4.78 is 0. The molecule has 0 aliphatic heterocycles. The monoisotopic (exact) mass is 130 g/mol. The Hall–Kier alpha value is -1.39. The van der Waals surface area contributed by atoms with Crippen LogP contribution in [0.4, 0.5) is 0 Å². The van der Waals surface area contributed by atoms with Crippen LogP contribution in [-0.4, -0.2) is 22.6 Å². The van der Waals surface area contributed by atoms with Crippen molar-refractivity contribution in [3.63, 3.8) is 0 Å². The minimum atomic E-state index is -1.02. The van der Waals surface area contributed by atoms with Crippen LogP contribution in [0.3, 0.4) is 0 Å². The van der Waals surface area contributed by atoms with Crippen LogP contribution in [0.5, 0.6) is 0 Å². The van der Waals surface area contributed by atoms with Crippen LogP contribution >= 0.6 is 0 Å². The number of primary amides is 1. The minimum Gasteiger partial charge on any atom is -0.410 e. The van der Waals surface area contributed by atoms with Crippen molar-refractivity contribution in [3.05, 3.63) is 0 Å². The zero-order valence-electron chi connectivity index (χ0n) is 4.79. The lowest BCUT2D eigenvalue weighted by molar-refractivity contribution is -0.115. The van der Waals surface area contributed by atoms with Gasteiger partial charge in [0, 0.05) is 6.92 Å². The van der Waals surface area contributed by atoms with Crippen molar-refractivity contribution < 1.29 is 14.8 Å². The van der Waals surface area contributed by atoms with Crippen LogP contribution in [0.15, 0.2) is 5.16 Å². The van der Waals surface area contributed by atoms with Gasteiger partial charge in [0.25, 0.3) is 5.91 Å². The molecule has 9 heavy (non-hydrogen) atoms. The molecule has 0 saturated heterocycles. The van der Waals surface area contributed by atoms with E-state index in [1.54, 1.807) is 0 Å². The van der Waals surface area contributed by atoms with Crippen LogP contribution < -0.4 is 5.73 Å². The topological polar surface area (TPSA) is 92.8 Å². The average molecular weight is 130 g/mol. The molecule has 0 rings (SSSR count). The molecule has 0 heterocycles. The summed E-state index contributed by atoms with van der Waals surface area (Å²) in [7, 11) is 0. The molecule has 0 spiro atoms. The molecule has 0 aliphatic rings. The van der Waals surface area contributed by atoms with Crippen LogP contribution in [0.1, 0.15) is 6.92 Å². The number of nitrogens with zero attached hydrogens (tertiary/aromatic N) is 1. The molecule has 0 fully saturated rings.